The van der Waals surface area contributed by atoms with Gasteiger partial charge in [-0.25, -0.2) is 9.00 Å². The summed E-state index contributed by atoms with van der Waals surface area (Å²) < 4.78 is 21.6. The van der Waals surface area contributed by atoms with Crippen LogP contribution in [0.4, 0.5) is 0 Å². The summed E-state index contributed by atoms with van der Waals surface area (Å²) in [6.45, 7) is 0. The molecule has 1 aromatic rings. The first kappa shape index (κ1) is 11.3. The molecule has 0 bridgehead atoms. The molecule has 6 nitrogen and oxygen atoms in total. The van der Waals surface area contributed by atoms with Crippen LogP contribution in [-0.2, 0) is 15.4 Å². The lowest BCUT2D eigenvalue weighted by atomic mass is 9.95. The van der Waals surface area contributed by atoms with Crippen LogP contribution in [0.15, 0.2) is 21.5 Å². The maximum Gasteiger partial charge on any atom is 0.455 e. The maximum absolute atomic E-state index is 11.5. The Balaban J connectivity index is 2.41. The highest BCUT2D eigenvalue weighted by molar-refractivity contribution is 7.78. The van der Waals surface area contributed by atoms with Gasteiger partial charge in [0.15, 0.2) is 5.82 Å². The molecule has 0 spiro atoms. The van der Waals surface area contributed by atoms with Crippen molar-refractivity contribution in [3.63, 3.8) is 0 Å². The van der Waals surface area contributed by atoms with Gasteiger partial charge in [0.25, 0.3) is 11.3 Å². The molecule has 2 unspecified atom stereocenters. The van der Waals surface area contributed by atoms with Crippen molar-refractivity contribution in [3.8, 4) is 0 Å². The van der Waals surface area contributed by atoms with E-state index in [1.807, 2.05) is 12.2 Å². The smallest absolute Gasteiger partial charge is 0.295 e. The summed E-state index contributed by atoms with van der Waals surface area (Å²) in [5.74, 6) is -0.422. The highest BCUT2D eigenvalue weighted by atomic mass is 32.2. The SMILES string of the molecule is COS(=O)n1c(C2C=CCCC2)noc1=O. The number of rotatable bonds is 3. The van der Waals surface area contributed by atoms with E-state index in [-0.39, 0.29) is 5.92 Å². The topological polar surface area (TPSA) is 74.3 Å². The number of allylic oxidation sites excluding steroid dienone is 2. The van der Waals surface area contributed by atoms with Crippen LogP contribution in [0.3, 0.4) is 0 Å². The molecule has 0 saturated carbocycles. The third kappa shape index (κ3) is 2.00. The third-order valence-electron chi connectivity index (χ3n) is 2.47. The van der Waals surface area contributed by atoms with E-state index in [2.05, 4.69) is 13.9 Å². The predicted octanol–water partition coefficient (Wildman–Crippen LogP) is 0.733. The largest absolute Gasteiger partial charge is 0.455 e. The summed E-state index contributed by atoms with van der Waals surface area (Å²) in [6.07, 6.45) is 6.87. The first-order chi connectivity index (χ1) is 7.74. The maximum atomic E-state index is 11.5. The lowest BCUT2D eigenvalue weighted by Crippen LogP contribution is -2.23. The predicted molar refractivity (Wildman–Crippen MR) is 57.0 cm³/mol. The van der Waals surface area contributed by atoms with E-state index in [4.69, 9.17) is 0 Å². The molecule has 88 valence electrons. The molecule has 2 atom stereocenters. The Morgan fingerprint density at radius 2 is 2.50 bits per heavy atom. The van der Waals surface area contributed by atoms with Gasteiger partial charge in [0, 0.05) is 5.92 Å². The van der Waals surface area contributed by atoms with Crippen molar-refractivity contribution in [2.75, 3.05) is 7.11 Å². The van der Waals surface area contributed by atoms with E-state index in [1.165, 1.54) is 7.11 Å². The first-order valence-electron chi connectivity index (χ1n) is 4.96. The summed E-state index contributed by atoms with van der Waals surface area (Å²) in [5, 5.41) is 3.66. The molecule has 1 aromatic heterocycles. The Morgan fingerprint density at radius 1 is 1.69 bits per heavy atom. The second-order valence-corrected chi connectivity index (χ2v) is 4.58. The van der Waals surface area contributed by atoms with Crippen molar-refractivity contribution < 1.29 is 12.9 Å². The van der Waals surface area contributed by atoms with Gasteiger partial charge >= 0.3 is 5.76 Å². The molecule has 0 aromatic carbocycles. The van der Waals surface area contributed by atoms with Crippen molar-refractivity contribution >= 4 is 11.3 Å². The number of hydrogen-bond acceptors (Lipinski definition) is 5. The Labute approximate surface area is 94.7 Å². The highest BCUT2D eigenvalue weighted by Gasteiger charge is 2.23. The second-order valence-electron chi connectivity index (χ2n) is 3.45. The average molecular weight is 244 g/mol. The third-order valence-corrected chi connectivity index (χ3v) is 3.39. The standard InChI is InChI=1S/C9H12N2O4S/c1-14-16(13)11-8(10-15-9(11)12)7-5-3-2-4-6-7/h3,5,7H,2,4,6H2,1H3. The zero-order valence-electron chi connectivity index (χ0n) is 8.79. The summed E-state index contributed by atoms with van der Waals surface area (Å²) in [6, 6.07) is 0. The van der Waals surface area contributed by atoms with Crippen LogP contribution in [0.25, 0.3) is 0 Å². The molecule has 0 fully saturated rings. The molecule has 7 heteroatoms. The van der Waals surface area contributed by atoms with Crippen LogP contribution in [-0.4, -0.2) is 20.4 Å². The van der Waals surface area contributed by atoms with Crippen LogP contribution < -0.4 is 5.76 Å². The van der Waals surface area contributed by atoms with Crippen LogP contribution in [0.1, 0.15) is 31.0 Å². The average Bonchev–Trinajstić information content (AvgIpc) is 2.71. The number of hydrogen-bond donors (Lipinski definition) is 0. The minimum atomic E-state index is -1.87. The molecule has 1 aliphatic rings. The van der Waals surface area contributed by atoms with Gasteiger partial charge in [-0.15, -0.1) is 0 Å². The van der Waals surface area contributed by atoms with E-state index in [1.54, 1.807) is 0 Å². The number of aromatic nitrogens is 2. The summed E-state index contributed by atoms with van der Waals surface area (Å²) >= 11 is -1.87. The monoisotopic (exact) mass is 244 g/mol. The fraction of sp³-hybridized carbons (Fsp3) is 0.556. The van der Waals surface area contributed by atoms with Gasteiger partial charge in [-0.2, -0.15) is 3.97 Å². The summed E-state index contributed by atoms with van der Waals surface area (Å²) in [5.41, 5.74) is 0. The van der Waals surface area contributed by atoms with Gasteiger partial charge in [-0.3, -0.25) is 8.71 Å². The molecular formula is C9H12N2O4S. The Morgan fingerprint density at radius 3 is 3.12 bits per heavy atom. The fourth-order valence-electron chi connectivity index (χ4n) is 1.71. The normalized spacial score (nSPS) is 22.2. The van der Waals surface area contributed by atoms with Crippen LogP contribution in [0, 0.1) is 0 Å². The van der Waals surface area contributed by atoms with Gasteiger partial charge in [-0.05, 0) is 19.3 Å². The summed E-state index contributed by atoms with van der Waals surface area (Å²) in [4.78, 5) is 11.3. The van der Waals surface area contributed by atoms with Crippen molar-refractivity contribution in [1.82, 2.24) is 9.13 Å². The molecule has 1 heterocycles. The quantitative estimate of drug-likeness (QED) is 0.733. The van der Waals surface area contributed by atoms with E-state index >= 15 is 0 Å². The van der Waals surface area contributed by atoms with Gasteiger partial charge < -0.3 is 0 Å². The fourth-order valence-corrected chi connectivity index (χ4v) is 2.34. The van der Waals surface area contributed by atoms with Crippen LogP contribution in [0.2, 0.25) is 0 Å². The van der Waals surface area contributed by atoms with Crippen molar-refractivity contribution in [2.45, 2.75) is 25.2 Å². The van der Waals surface area contributed by atoms with E-state index < -0.39 is 17.0 Å². The molecule has 0 aliphatic heterocycles. The van der Waals surface area contributed by atoms with E-state index in [0.717, 1.165) is 23.2 Å². The molecule has 1 aliphatic carbocycles. The molecular weight excluding hydrogens is 232 g/mol. The molecule has 16 heavy (non-hydrogen) atoms. The first-order valence-corrected chi connectivity index (χ1v) is 5.99. The van der Waals surface area contributed by atoms with Crippen molar-refractivity contribution in [3.05, 3.63) is 28.5 Å². The lowest BCUT2D eigenvalue weighted by Gasteiger charge is -2.14. The molecule has 0 amide bonds. The van der Waals surface area contributed by atoms with Crippen LogP contribution >= 0.6 is 0 Å². The molecule has 0 radical (unpaired) electrons. The minimum Gasteiger partial charge on any atom is -0.295 e. The van der Waals surface area contributed by atoms with Gasteiger partial charge in [0.2, 0.25) is 0 Å². The molecule has 0 N–H and O–H groups in total. The van der Waals surface area contributed by atoms with E-state index in [0.29, 0.717) is 5.82 Å². The molecule has 2 rings (SSSR count). The zero-order valence-corrected chi connectivity index (χ0v) is 9.61. The van der Waals surface area contributed by atoms with Gasteiger partial charge in [0.1, 0.15) is 0 Å². The van der Waals surface area contributed by atoms with Crippen molar-refractivity contribution in [1.29, 1.82) is 0 Å². The van der Waals surface area contributed by atoms with Gasteiger partial charge in [-0.1, -0.05) is 17.3 Å². The van der Waals surface area contributed by atoms with Crippen LogP contribution in [0.5, 0.6) is 0 Å². The summed E-state index contributed by atoms with van der Waals surface area (Å²) in [7, 11) is 1.26. The highest BCUT2D eigenvalue weighted by Crippen LogP contribution is 2.25. The number of nitrogens with zero attached hydrogens (tertiary/aromatic N) is 2. The lowest BCUT2D eigenvalue weighted by molar-refractivity contribution is 0.375. The zero-order chi connectivity index (χ0) is 11.5. The Kier molecular flexibility index (Phi) is 3.35. The Bertz CT molecular complexity index is 476. The van der Waals surface area contributed by atoms with Crippen molar-refractivity contribution in [2.24, 2.45) is 0 Å². The minimum absolute atomic E-state index is 0.0284. The second kappa shape index (κ2) is 4.75. The van der Waals surface area contributed by atoms with E-state index in [9.17, 15) is 9.00 Å². The van der Waals surface area contributed by atoms with Gasteiger partial charge in [0.05, 0.1) is 7.11 Å². The Hall–Kier alpha value is -1.21. The molecule has 0 saturated heterocycles.